The van der Waals surface area contributed by atoms with Crippen LogP contribution in [-0.2, 0) is 32.7 Å². The van der Waals surface area contributed by atoms with Crippen molar-refractivity contribution in [1.82, 2.24) is 9.78 Å². The van der Waals surface area contributed by atoms with Crippen LogP contribution in [0.1, 0.15) is 0 Å². The van der Waals surface area contributed by atoms with E-state index in [-0.39, 0.29) is 38.3 Å². The number of aromatic amines is 1. The Kier molecular flexibility index (Phi) is 6.51. The molecule has 3 nitrogen and oxygen atoms in total. The second-order valence-corrected chi connectivity index (χ2v) is 4.64. The minimum Gasteiger partial charge on any atom is -0.301 e. The van der Waals surface area contributed by atoms with Crippen molar-refractivity contribution in [3.8, 4) is 5.69 Å². The molecule has 0 aliphatic carbocycles. The Hall–Kier alpha value is -1.97. The molecule has 0 amide bonds. The van der Waals surface area contributed by atoms with Crippen molar-refractivity contribution in [2.45, 2.75) is 0 Å². The van der Waals surface area contributed by atoms with Gasteiger partial charge in [-0.05, 0) is 17.8 Å². The number of fused-ring (bicyclic) bond motifs is 1. The molecule has 111 valence electrons. The first kappa shape index (κ1) is 17.4. The van der Waals surface area contributed by atoms with Gasteiger partial charge in [0.1, 0.15) is 0 Å². The molecule has 0 atom stereocenters. The topological polar surface area (TPSA) is 37.8 Å². The quantitative estimate of drug-likeness (QED) is 0.507. The van der Waals surface area contributed by atoms with Crippen LogP contribution in [0.25, 0.3) is 16.6 Å². The van der Waals surface area contributed by atoms with Crippen molar-refractivity contribution in [3.63, 3.8) is 0 Å². The smallest absolute Gasteiger partial charge is 0.267 e. The summed E-state index contributed by atoms with van der Waals surface area (Å²) >= 11 is 0. The van der Waals surface area contributed by atoms with Gasteiger partial charge in [-0.3, -0.25) is 9.48 Å². The van der Waals surface area contributed by atoms with E-state index in [1.807, 2.05) is 66.7 Å². The van der Waals surface area contributed by atoms with Gasteiger partial charge < -0.3 is 5.10 Å². The maximum atomic E-state index is 12.0. The molecule has 23 heavy (non-hydrogen) atoms. The summed E-state index contributed by atoms with van der Waals surface area (Å²) in [6.45, 7) is 0. The molecule has 0 saturated heterocycles. The van der Waals surface area contributed by atoms with Crippen molar-refractivity contribution in [3.05, 3.63) is 101 Å². The predicted molar refractivity (Wildman–Crippen MR) is 88.0 cm³/mol. The molecule has 0 saturated carbocycles. The minimum atomic E-state index is -0.0322. The molecular weight excluding hydrogens is 361 g/mol. The van der Waals surface area contributed by atoms with Crippen LogP contribution >= 0.6 is 0 Å². The molecule has 4 rings (SSSR count). The van der Waals surface area contributed by atoms with E-state index < -0.39 is 0 Å². The standard InChI is InChI=1S/C13H9N2O.C6H5.Y/c16-13-11-8-4-5-9-12(11)14-15(13)10-6-2-1-3-7-10;1-2-4-6-5-3-1;/h1-2,4-9,14H;1-5H;/q2*-1;. The van der Waals surface area contributed by atoms with Crippen LogP contribution in [0, 0.1) is 12.1 Å². The van der Waals surface area contributed by atoms with Gasteiger partial charge in [0.15, 0.2) is 0 Å². The second-order valence-electron chi connectivity index (χ2n) is 4.64. The molecule has 3 aromatic carbocycles. The number of nitrogens with zero attached hydrogens (tertiary/aromatic N) is 1. The molecule has 1 N–H and O–H groups in total. The van der Waals surface area contributed by atoms with E-state index in [2.05, 4.69) is 17.2 Å². The summed E-state index contributed by atoms with van der Waals surface area (Å²) < 4.78 is 1.53. The van der Waals surface area contributed by atoms with Crippen molar-refractivity contribution >= 4 is 10.9 Å². The fourth-order valence-electron chi connectivity index (χ4n) is 2.11. The largest absolute Gasteiger partial charge is 0.301 e. The van der Waals surface area contributed by atoms with Crippen molar-refractivity contribution in [1.29, 1.82) is 0 Å². The van der Waals surface area contributed by atoms with Crippen LogP contribution in [0.15, 0.2) is 83.7 Å². The Morgan fingerprint density at radius 3 is 2.13 bits per heavy atom. The van der Waals surface area contributed by atoms with E-state index in [9.17, 15) is 4.79 Å². The molecule has 4 aromatic rings. The summed E-state index contributed by atoms with van der Waals surface area (Å²) in [4.78, 5) is 12.0. The zero-order valence-corrected chi connectivity index (χ0v) is 15.3. The summed E-state index contributed by atoms with van der Waals surface area (Å²) in [7, 11) is 0. The molecule has 4 heteroatoms. The van der Waals surface area contributed by atoms with E-state index in [0.29, 0.717) is 5.39 Å². The molecule has 1 aromatic heterocycles. The zero-order chi connectivity index (χ0) is 15.2. The summed E-state index contributed by atoms with van der Waals surface area (Å²) in [5.41, 5.74) is 1.61. The van der Waals surface area contributed by atoms with Gasteiger partial charge in [-0.25, -0.2) is 0 Å². The maximum Gasteiger partial charge on any atom is 0.267 e. The fraction of sp³-hybridized carbons (Fsp3) is 0. The second kappa shape index (κ2) is 8.61. The van der Waals surface area contributed by atoms with Crippen LogP contribution in [0.5, 0.6) is 0 Å². The Morgan fingerprint density at radius 1 is 0.826 bits per heavy atom. The molecular formula is C19H14N2OY-2. The number of hydrogen-bond donors (Lipinski definition) is 1. The third kappa shape index (κ3) is 4.28. The number of rotatable bonds is 1. The average molecular weight is 375 g/mol. The number of H-pyrrole nitrogens is 1. The Bertz CT molecular complexity index is 872. The monoisotopic (exact) mass is 375 g/mol. The molecule has 1 heterocycles. The molecule has 0 fully saturated rings. The van der Waals surface area contributed by atoms with Crippen molar-refractivity contribution in [2.75, 3.05) is 0 Å². The molecule has 1 radical (unpaired) electrons. The average Bonchev–Trinajstić information content (AvgIpc) is 2.95. The van der Waals surface area contributed by atoms with Gasteiger partial charge in [0.25, 0.3) is 5.56 Å². The van der Waals surface area contributed by atoms with Crippen molar-refractivity contribution < 1.29 is 32.7 Å². The van der Waals surface area contributed by atoms with Crippen LogP contribution < -0.4 is 5.56 Å². The van der Waals surface area contributed by atoms with Crippen LogP contribution in [0.3, 0.4) is 0 Å². The number of para-hydroxylation sites is 1. The first-order valence-corrected chi connectivity index (χ1v) is 6.93. The minimum absolute atomic E-state index is 0. The summed E-state index contributed by atoms with van der Waals surface area (Å²) in [5, 5.41) is 3.76. The number of aromatic nitrogens is 2. The number of benzene rings is 3. The maximum absolute atomic E-state index is 12.0. The molecule has 0 spiro atoms. The van der Waals surface area contributed by atoms with Gasteiger partial charge in [0.2, 0.25) is 0 Å². The normalized spacial score (nSPS) is 9.57. The summed E-state index contributed by atoms with van der Waals surface area (Å²) in [6.07, 6.45) is 0. The van der Waals surface area contributed by atoms with Crippen molar-refractivity contribution in [2.24, 2.45) is 0 Å². The van der Waals surface area contributed by atoms with E-state index in [1.165, 1.54) is 4.68 Å². The molecule has 0 unspecified atom stereocenters. The van der Waals surface area contributed by atoms with Gasteiger partial charge in [-0.15, -0.1) is 6.07 Å². The third-order valence-electron chi connectivity index (χ3n) is 3.15. The predicted octanol–water partition coefficient (Wildman–Crippen LogP) is 3.60. The third-order valence-corrected chi connectivity index (χ3v) is 3.15. The molecule has 0 bridgehead atoms. The number of hydrogen-bond acceptors (Lipinski definition) is 1. The van der Waals surface area contributed by atoms with Gasteiger partial charge in [0.05, 0.1) is 10.9 Å². The zero-order valence-electron chi connectivity index (χ0n) is 12.4. The molecule has 0 aliphatic heterocycles. The van der Waals surface area contributed by atoms with Gasteiger partial charge in [0, 0.05) is 32.7 Å². The van der Waals surface area contributed by atoms with Gasteiger partial charge >= 0.3 is 0 Å². The van der Waals surface area contributed by atoms with Gasteiger partial charge in [-0.1, -0.05) is 12.1 Å². The summed E-state index contributed by atoms with van der Waals surface area (Å²) in [5.74, 6) is 0. The van der Waals surface area contributed by atoms with Crippen LogP contribution in [-0.4, -0.2) is 9.78 Å². The van der Waals surface area contributed by atoms with E-state index in [0.717, 1.165) is 11.2 Å². The SMILES string of the molecule is O=c1c2ccccc2[nH]n1-c1c[c-]ccc1.[Y].[c-]1ccccc1. The van der Waals surface area contributed by atoms with E-state index in [1.54, 1.807) is 12.1 Å². The van der Waals surface area contributed by atoms with E-state index >= 15 is 0 Å². The van der Waals surface area contributed by atoms with Gasteiger partial charge in [-0.2, -0.15) is 60.7 Å². The first-order valence-electron chi connectivity index (χ1n) is 6.93. The van der Waals surface area contributed by atoms with Crippen LogP contribution in [0.4, 0.5) is 0 Å². The fourth-order valence-corrected chi connectivity index (χ4v) is 2.11. The summed E-state index contributed by atoms with van der Waals surface area (Å²) in [6, 6.07) is 30.2. The van der Waals surface area contributed by atoms with E-state index in [4.69, 9.17) is 0 Å². The number of nitrogens with one attached hydrogen (secondary N) is 1. The Balaban J connectivity index is 0.000000234. The van der Waals surface area contributed by atoms with Crippen LogP contribution in [0.2, 0.25) is 0 Å². The Morgan fingerprint density at radius 2 is 1.57 bits per heavy atom. The first-order chi connectivity index (χ1) is 10.9. The molecule has 0 aliphatic rings. The Labute approximate surface area is 159 Å².